The largest absolute Gasteiger partial charge is 0.280 e. The van der Waals surface area contributed by atoms with Gasteiger partial charge in [0.15, 0.2) is 4.96 Å². The number of aryl methyl sites for hydroxylation is 1. The maximum Gasteiger partial charge on any atom is 0.261 e. The number of halogens is 1. The molecule has 0 bridgehead atoms. The Kier molecular flexibility index (Phi) is 4.48. The van der Waals surface area contributed by atoms with E-state index in [9.17, 15) is 17.6 Å². The Morgan fingerprint density at radius 1 is 1.11 bits per heavy atom. The quantitative estimate of drug-likeness (QED) is 0.551. The first-order chi connectivity index (χ1) is 13.3. The molecule has 142 valence electrons. The van der Waals surface area contributed by atoms with Crippen LogP contribution in [0.25, 0.3) is 16.2 Å². The normalized spacial score (nSPS) is 11.6. The van der Waals surface area contributed by atoms with Gasteiger partial charge in [-0.15, -0.1) is 11.3 Å². The molecule has 1 N–H and O–H groups in total. The SMILES string of the molecule is Cc1cc(=O)n2c(-c3cccc(NS(=O)(=O)c4ccc(F)cc4)c3)csc2n1. The number of nitrogens with one attached hydrogen (secondary N) is 1. The lowest BCUT2D eigenvalue weighted by Gasteiger charge is -2.10. The number of anilines is 1. The van der Waals surface area contributed by atoms with Crippen LogP contribution in [0.4, 0.5) is 10.1 Å². The highest BCUT2D eigenvalue weighted by molar-refractivity contribution is 7.92. The highest BCUT2D eigenvalue weighted by Gasteiger charge is 2.15. The third kappa shape index (κ3) is 3.41. The minimum atomic E-state index is -3.87. The van der Waals surface area contributed by atoms with Crippen molar-refractivity contribution in [1.29, 1.82) is 0 Å². The van der Waals surface area contributed by atoms with E-state index in [1.165, 1.54) is 33.9 Å². The van der Waals surface area contributed by atoms with Gasteiger partial charge in [-0.3, -0.25) is 13.9 Å². The van der Waals surface area contributed by atoms with Crippen LogP contribution in [0.15, 0.2) is 69.7 Å². The van der Waals surface area contributed by atoms with Crippen molar-refractivity contribution in [2.45, 2.75) is 11.8 Å². The van der Waals surface area contributed by atoms with Crippen LogP contribution in [0.3, 0.4) is 0 Å². The third-order valence-corrected chi connectivity index (χ3v) is 6.29. The Labute approximate surface area is 164 Å². The molecule has 0 atom stereocenters. The van der Waals surface area contributed by atoms with E-state index in [2.05, 4.69) is 9.71 Å². The van der Waals surface area contributed by atoms with Gasteiger partial charge in [-0.05, 0) is 43.3 Å². The molecule has 6 nitrogen and oxygen atoms in total. The number of hydrogen-bond donors (Lipinski definition) is 1. The molecule has 0 aliphatic rings. The van der Waals surface area contributed by atoms with Crippen molar-refractivity contribution >= 4 is 32.0 Å². The lowest BCUT2D eigenvalue weighted by atomic mass is 10.1. The fourth-order valence-corrected chi connectivity index (χ4v) is 4.80. The van der Waals surface area contributed by atoms with Gasteiger partial charge in [-0.2, -0.15) is 0 Å². The summed E-state index contributed by atoms with van der Waals surface area (Å²) < 4.78 is 42.1. The van der Waals surface area contributed by atoms with E-state index in [-0.39, 0.29) is 10.5 Å². The zero-order valence-electron chi connectivity index (χ0n) is 14.6. The summed E-state index contributed by atoms with van der Waals surface area (Å²) in [6.07, 6.45) is 0. The molecular formula is C19H14FN3O3S2. The predicted molar refractivity (Wildman–Crippen MR) is 107 cm³/mol. The predicted octanol–water partition coefficient (Wildman–Crippen LogP) is 3.67. The minimum Gasteiger partial charge on any atom is -0.280 e. The van der Waals surface area contributed by atoms with Gasteiger partial charge < -0.3 is 0 Å². The van der Waals surface area contributed by atoms with E-state index in [0.29, 0.717) is 27.6 Å². The van der Waals surface area contributed by atoms with Crippen LogP contribution in [0.2, 0.25) is 0 Å². The average Bonchev–Trinajstić information content (AvgIpc) is 3.06. The summed E-state index contributed by atoms with van der Waals surface area (Å²) >= 11 is 1.33. The van der Waals surface area contributed by atoms with Crippen LogP contribution in [0.5, 0.6) is 0 Å². The zero-order valence-corrected chi connectivity index (χ0v) is 16.2. The van der Waals surface area contributed by atoms with Gasteiger partial charge in [0.05, 0.1) is 10.6 Å². The maximum absolute atomic E-state index is 13.0. The van der Waals surface area contributed by atoms with E-state index in [0.717, 1.165) is 12.1 Å². The number of rotatable bonds is 4. The van der Waals surface area contributed by atoms with Gasteiger partial charge >= 0.3 is 0 Å². The lowest BCUT2D eigenvalue weighted by molar-refractivity contribution is 0.599. The molecule has 0 saturated heterocycles. The fourth-order valence-electron chi connectivity index (χ4n) is 2.80. The Morgan fingerprint density at radius 3 is 2.61 bits per heavy atom. The summed E-state index contributed by atoms with van der Waals surface area (Å²) in [5.41, 5.74) is 2.06. The molecule has 0 saturated carbocycles. The number of nitrogens with zero attached hydrogens (tertiary/aromatic N) is 2. The summed E-state index contributed by atoms with van der Waals surface area (Å²) in [4.78, 5) is 17.2. The molecule has 2 aromatic heterocycles. The van der Waals surface area contributed by atoms with Crippen LogP contribution >= 0.6 is 11.3 Å². The van der Waals surface area contributed by atoms with E-state index in [4.69, 9.17) is 0 Å². The second-order valence-corrected chi connectivity index (χ2v) is 8.63. The molecule has 2 aromatic carbocycles. The minimum absolute atomic E-state index is 0.0452. The van der Waals surface area contributed by atoms with E-state index < -0.39 is 15.8 Å². The topological polar surface area (TPSA) is 80.5 Å². The van der Waals surface area contributed by atoms with Crippen molar-refractivity contribution < 1.29 is 12.8 Å². The zero-order chi connectivity index (χ0) is 19.9. The molecule has 0 unspecified atom stereocenters. The third-order valence-electron chi connectivity index (χ3n) is 4.07. The number of aromatic nitrogens is 2. The number of fused-ring (bicyclic) bond motifs is 1. The van der Waals surface area contributed by atoms with Crippen molar-refractivity contribution in [3.05, 3.63) is 81.8 Å². The van der Waals surface area contributed by atoms with Gasteiger partial charge in [-0.25, -0.2) is 17.8 Å². The lowest BCUT2D eigenvalue weighted by Crippen LogP contribution is -2.14. The van der Waals surface area contributed by atoms with Gasteiger partial charge in [0, 0.05) is 28.4 Å². The van der Waals surface area contributed by atoms with E-state index in [1.807, 2.05) is 0 Å². The van der Waals surface area contributed by atoms with Crippen molar-refractivity contribution in [2.75, 3.05) is 4.72 Å². The van der Waals surface area contributed by atoms with Crippen LogP contribution in [-0.2, 0) is 10.0 Å². The van der Waals surface area contributed by atoms with Crippen molar-refractivity contribution in [1.82, 2.24) is 9.38 Å². The van der Waals surface area contributed by atoms with Gasteiger partial charge in [-0.1, -0.05) is 12.1 Å². The highest BCUT2D eigenvalue weighted by atomic mass is 32.2. The Balaban J connectivity index is 1.73. The Morgan fingerprint density at radius 2 is 1.86 bits per heavy atom. The van der Waals surface area contributed by atoms with Crippen LogP contribution in [0.1, 0.15) is 5.69 Å². The molecule has 2 heterocycles. The first-order valence-electron chi connectivity index (χ1n) is 8.20. The second kappa shape index (κ2) is 6.84. The Bertz CT molecular complexity index is 1340. The molecule has 28 heavy (non-hydrogen) atoms. The van der Waals surface area contributed by atoms with Crippen molar-refractivity contribution in [2.24, 2.45) is 0 Å². The van der Waals surface area contributed by atoms with Crippen molar-refractivity contribution in [3.8, 4) is 11.3 Å². The number of sulfonamides is 1. The van der Waals surface area contributed by atoms with Gasteiger partial charge in [0.25, 0.3) is 15.6 Å². The highest BCUT2D eigenvalue weighted by Crippen LogP contribution is 2.27. The molecule has 0 amide bonds. The molecule has 0 aliphatic carbocycles. The molecule has 0 spiro atoms. The second-order valence-electron chi connectivity index (χ2n) is 6.11. The summed E-state index contributed by atoms with van der Waals surface area (Å²) in [5.74, 6) is -0.514. The summed E-state index contributed by atoms with van der Waals surface area (Å²) in [6, 6.07) is 12.7. The molecule has 0 fully saturated rings. The van der Waals surface area contributed by atoms with E-state index in [1.54, 1.807) is 36.6 Å². The average molecular weight is 415 g/mol. The standard InChI is InChI=1S/C19H14FN3O3S2/c1-12-9-18(24)23-17(11-27-19(23)21-12)13-3-2-4-15(10-13)22-28(25,26)16-7-5-14(20)6-8-16/h2-11,22H,1H3. The summed E-state index contributed by atoms with van der Waals surface area (Å²) in [5, 5.41) is 1.80. The Hall–Kier alpha value is -3.04. The summed E-state index contributed by atoms with van der Waals surface area (Å²) in [7, 11) is -3.87. The number of hydrogen-bond acceptors (Lipinski definition) is 5. The smallest absolute Gasteiger partial charge is 0.261 e. The molecule has 0 radical (unpaired) electrons. The molecule has 9 heteroatoms. The molecule has 0 aliphatic heterocycles. The van der Waals surface area contributed by atoms with Gasteiger partial charge in [0.1, 0.15) is 5.82 Å². The first-order valence-corrected chi connectivity index (χ1v) is 10.6. The molecule has 4 rings (SSSR count). The van der Waals surface area contributed by atoms with Crippen LogP contribution in [0, 0.1) is 12.7 Å². The van der Waals surface area contributed by atoms with Crippen LogP contribution < -0.4 is 10.3 Å². The van der Waals surface area contributed by atoms with Crippen molar-refractivity contribution in [3.63, 3.8) is 0 Å². The maximum atomic E-state index is 13.0. The monoisotopic (exact) mass is 415 g/mol. The molecule has 4 aromatic rings. The van der Waals surface area contributed by atoms with Crippen LogP contribution in [-0.4, -0.2) is 17.8 Å². The fraction of sp³-hybridized carbons (Fsp3) is 0.0526. The molecular weight excluding hydrogens is 401 g/mol. The van der Waals surface area contributed by atoms with Gasteiger partial charge in [0.2, 0.25) is 0 Å². The van der Waals surface area contributed by atoms with E-state index >= 15 is 0 Å². The summed E-state index contributed by atoms with van der Waals surface area (Å²) in [6.45, 7) is 1.76. The first kappa shape index (κ1) is 18.3. The number of thiazole rings is 1. The number of benzene rings is 2.